The lowest BCUT2D eigenvalue weighted by Crippen LogP contribution is -2.32. The van der Waals surface area contributed by atoms with Crippen LogP contribution in [-0.4, -0.2) is 36.4 Å². The summed E-state index contributed by atoms with van der Waals surface area (Å²) in [6.07, 6.45) is 0.0513. The number of nitrogens with one attached hydrogen (secondary N) is 1. The maximum atomic E-state index is 13.2. The number of methoxy groups -OCH3 is 1. The quantitative estimate of drug-likeness (QED) is 0.499. The fourth-order valence-corrected chi connectivity index (χ4v) is 4.09. The third-order valence-electron chi connectivity index (χ3n) is 5.76. The molecule has 0 bridgehead atoms. The SMILES string of the molecule is CCOC(=O)c1cccc(NC(=O)C[C@H](c2ccc(OC)cc2)N2Cc3ccccc3C2=O)c1. The third kappa shape index (κ3) is 4.93. The summed E-state index contributed by atoms with van der Waals surface area (Å²) < 4.78 is 10.3. The maximum Gasteiger partial charge on any atom is 0.338 e. The van der Waals surface area contributed by atoms with Crippen molar-refractivity contribution in [3.05, 3.63) is 95.1 Å². The van der Waals surface area contributed by atoms with Gasteiger partial charge in [-0.2, -0.15) is 0 Å². The molecule has 34 heavy (non-hydrogen) atoms. The van der Waals surface area contributed by atoms with Crippen molar-refractivity contribution in [1.82, 2.24) is 4.90 Å². The molecule has 0 aliphatic carbocycles. The first kappa shape index (κ1) is 23.0. The summed E-state index contributed by atoms with van der Waals surface area (Å²) in [4.78, 5) is 40.0. The molecule has 174 valence electrons. The Bertz CT molecular complexity index is 1210. The molecule has 1 aliphatic rings. The molecule has 7 heteroatoms. The summed E-state index contributed by atoms with van der Waals surface area (Å²) in [5.74, 6) is -0.131. The van der Waals surface area contributed by atoms with E-state index in [0.717, 1.165) is 11.1 Å². The molecule has 3 aromatic rings. The molecule has 0 radical (unpaired) electrons. The first-order valence-corrected chi connectivity index (χ1v) is 11.1. The minimum absolute atomic E-state index is 0.0513. The van der Waals surface area contributed by atoms with Gasteiger partial charge >= 0.3 is 5.97 Å². The van der Waals surface area contributed by atoms with Crippen LogP contribution in [0.3, 0.4) is 0 Å². The van der Waals surface area contributed by atoms with E-state index in [1.165, 1.54) is 0 Å². The summed E-state index contributed by atoms with van der Waals surface area (Å²) in [7, 11) is 1.59. The number of hydrogen-bond acceptors (Lipinski definition) is 5. The van der Waals surface area contributed by atoms with Gasteiger partial charge in [0.2, 0.25) is 5.91 Å². The van der Waals surface area contributed by atoms with Gasteiger partial charge in [-0.25, -0.2) is 4.79 Å². The second-order valence-electron chi connectivity index (χ2n) is 7.93. The second-order valence-corrected chi connectivity index (χ2v) is 7.93. The zero-order valence-corrected chi connectivity index (χ0v) is 19.1. The fraction of sp³-hybridized carbons (Fsp3) is 0.222. The average Bonchev–Trinajstić information content (AvgIpc) is 3.19. The van der Waals surface area contributed by atoms with Crippen molar-refractivity contribution >= 4 is 23.5 Å². The number of ether oxygens (including phenoxy) is 2. The molecule has 1 heterocycles. The molecule has 0 aromatic heterocycles. The Morgan fingerprint density at radius 1 is 1.03 bits per heavy atom. The van der Waals surface area contributed by atoms with Gasteiger partial charge < -0.3 is 19.7 Å². The Morgan fingerprint density at radius 3 is 2.50 bits per heavy atom. The molecule has 0 spiro atoms. The Morgan fingerprint density at radius 2 is 1.79 bits per heavy atom. The van der Waals surface area contributed by atoms with Gasteiger partial charge in [0, 0.05) is 17.8 Å². The highest BCUT2D eigenvalue weighted by atomic mass is 16.5. The van der Waals surface area contributed by atoms with Crippen LogP contribution in [0.15, 0.2) is 72.8 Å². The summed E-state index contributed by atoms with van der Waals surface area (Å²) in [6.45, 7) is 2.43. The molecule has 1 N–H and O–H groups in total. The summed E-state index contributed by atoms with van der Waals surface area (Å²) in [5, 5.41) is 2.85. The molecule has 3 aromatic carbocycles. The number of amides is 2. The van der Waals surface area contributed by atoms with E-state index in [1.807, 2.05) is 48.5 Å². The van der Waals surface area contributed by atoms with Gasteiger partial charge in [-0.05, 0) is 54.4 Å². The number of anilines is 1. The second kappa shape index (κ2) is 10.2. The van der Waals surface area contributed by atoms with Crippen molar-refractivity contribution in [2.75, 3.05) is 19.0 Å². The van der Waals surface area contributed by atoms with Crippen molar-refractivity contribution in [3.8, 4) is 5.75 Å². The minimum Gasteiger partial charge on any atom is -0.497 e. The number of carbonyl (C=O) groups excluding carboxylic acids is 3. The smallest absolute Gasteiger partial charge is 0.338 e. The molecule has 0 fully saturated rings. The third-order valence-corrected chi connectivity index (χ3v) is 5.76. The first-order chi connectivity index (χ1) is 16.5. The Balaban J connectivity index is 1.56. The Kier molecular flexibility index (Phi) is 6.92. The largest absolute Gasteiger partial charge is 0.497 e. The predicted molar refractivity (Wildman–Crippen MR) is 128 cm³/mol. The molecular weight excluding hydrogens is 432 g/mol. The van der Waals surface area contributed by atoms with Crippen LogP contribution in [0.5, 0.6) is 5.75 Å². The number of hydrogen-bond donors (Lipinski definition) is 1. The van der Waals surface area contributed by atoms with E-state index < -0.39 is 12.0 Å². The molecule has 4 rings (SSSR count). The number of benzene rings is 3. The van der Waals surface area contributed by atoms with E-state index in [1.54, 1.807) is 43.2 Å². The van der Waals surface area contributed by atoms with Crippen LogP contribution in [-0.2, 0) is 16.1 Å². The highest BCUT2D eigenvalue weighted by Crippen LogP contribution is 2.34. The first-order valence-electron chi connectivity index (χ1n) is 11.1. The number of fused-ring (bicyclic) bond motifs is 1. The molecule has 0 saturated carbocycles. The van der Waals surface area contributed by atoms with E-state index in [-0.39, 0.29) is 24.8 Å². The molecule has 2 amide bonds. The van der Waals surface area contributed by atoms with Gasteiger partial charge in [0.15, 0.2) is 0 Å². The van der Waals surface area contributed by atoms with Gasteiger partial charge in [0.25, 0.3) is 5.91 Å². The number of nitrogens with zero attached hydrogens (tertiary/aromatic N) is 1. The molecule has 1 aliphatic heterocycles. The Hall–Kier alpha value is -4.13. The summed E-state index contributed by atoms with van der Waals surface area (Å²) >= 11 is 0. The highest BCUT2D eigenvalue weighted by molar-refractivity contribution is 5.99. The summed E-state index contributed by atoms with van der Waals surface area (Å²) in [5.41, 5.74) is 3.27. The Labute approximate surface area is 198 Å². The molecule has 1 atom stereocenters. The molecule has 7 nitrogen and oxygen atoms in total. The van der Waals surface area contributed by atoms with E-state index >= 15 is 0 Å². The zero-order chi connectivity index (χ0) is 24.1. The van der Waals surface area contributed by atoms with E-state index in [4.69, 9.17) is 9.47 Å². The minimum atomic E-state index is -0.473. The van der Waals surface area contributed by atoms with Crippen LogP contribution < -0.4 is 10.1 Å². The van der Waals surface area contributed by atoms with Gasteiger partial charge in [-0.3, -0.25) is 9.59 Å². The van der Waals surface area contributed by atoms with E-state index in [0.29, 0.717) is 29.1 Å². The number of carbonyl (C=O) groups is 3. The van der Waals surface area contributed by atoms with Crippen molar-refractivity contribution < 1.29 is 23.9 Å². The van der Waals surface area contributed by atoms with Crippen LogP contribution in [0.25, 0.3) is 0 Å². The van der Waals surface area contributed by atoms with Crippen molar-refractivity contribution in [1.29, 1.82) is 0 Å². The predicted octanol–water partition coefficient (Wildman–Crippen LogP) is 4.60. The lowest BCUT2D eigenvalue weighted by molar-refractivity contribution is -0.117. The van der Waals surface area contributed by atoms with Crippen LogP contribution in [0.1, 0.15) is 51.2 Å². The van der Waals surface area contributed by atoms with E-state index in [2.05, 4.69) is 5.32 Å². The summed E-state index contributed by atoms with van der Waals surface area (Å²) in [6, 6.07) is 21.0. The van der Waals surface area contributed by atoms with Crippen LogP contribution >= 0.6 is 0 Å². The van der Waals surface area contributed by atoms with Crippen molar-refractivity contribution in [3.63, 3.8) is 0 Å². The number of esters is 1. The van der Waals surface area contributed by atoms with Gasteiger partial charge in [0.05, 0.1) is 31.7 Å². The molecular formula is C27H26N2O5. The molecule has 0 unspecified atom stereocenters. The lowest BCUT2D eigenvalue weighted by atomic mass is 10.0. The van der Waals surface area contributed by atoms with Crippen molar-refractivity contribution in [2.24, 2.45) is 0 Å². The van der Waals surface area contributed by atoms with Crippen LogP contribution in [0.2, 0.25) is 0 Å². The van der Waals surface area contributed by atoms with E-state index in [9.17, 15) is 14.4 Å². The fourth-order valence-electron chi connectivity index (χ4n) is 4.09. The van der Waals surface area contributed by atoms with Gasteiger partial charge in [-0.15, -0.1) is 0 Å². The monoisotopic (exact) mass is 458 g/mol. The standard InChI is InChI=1S/C27H26N2O5/c1-3-34-27(32)19-8-6-9-21(15-19)28-25(30)16-24(18-11-13-22(33-2)14-12-18)29-17-20-7-4-5-10-23(20)26(29)31/h4-15,24H,3,16-17H2,1-2H3,(H,28,30)/t24-/m1/s1. The van der Waals surface area contributed by atoms with Gasteiger partial charge in [-0.1, -0.05) is 36.4 Å². The van der Waals surface area contributed by atoms with Crippen LogP contribution in [0.4, 0.5) is 5.69 Å². The lowest BCUT2D eigenvalue weighted by Gasteiger charge is -2.28. The average molecular weight is 459 g/mol. The zero-order valence-electron chi connectivity index (χ0n) is 19.1. The van der Waals surface area contributed by atoms with Gasteiger partial charge in [0.1, 0.15) is 5.75 Å². The van der Waals surface area contributed by atoms with Crippen LogP contribution in [0, 0.1) is 0 Å². The maximum absolute atomic E-state index is 13.2. The number of rotatable bonds is 8. The molecule has 0 saturated heterocycles. The normalized spacial score (nSPS) is 13.2. The highest BCUT2D eigenvalue weighted by Gasteiger charge is 2.34. The topological polar surface area (TPSA) is 84.9 Å². The van der Waals surface area contributed by atoms with Crippen molar-refractivity contribution in [2.45, 2.75) is 25.9 Å².